The van der Waals surface area contributed by atoms with Gasteiger partial charge in [0.05, 0.1) is 23.5 Å². The average Bonchev–Trinajstić information content (AvgIpc) is 2.87. The first kappa shape index (κ1) is 16.4. The van der Waals surface area contributed by atoms with Gasteiger partial charge in [-0.3, -0.25) is 4.68 Å². The first-order valence-electron chi connectivity index (χ1n) is 8.07. The van der Waals surface area contributed by atoms with Crippen molar-refractivity contribution in [1.29, 1.82) is 0 Å². The fraction of sp³-hybridized carbons (Fsp3) is 0.875. The Morgan fingerprint density at radius 1 is 1.33 bits per heavy atom. The van der Waals surface area contributed by atoms with Crippen LogP contribution in [0.3, 0.4) is 0 Å². The number of nitrogens with zero attached hydrogens (tertiary/aromatic N) is 3. The Hall–Kier alpha value is -0.940. The zero-order valence-electron chi connectivity index (χ0n) is 14.1. The molecule has 0 radical (unpaired) electrons. The highest BCUT2D eigenvalue weighted by atomic mass is 16.5. The molecule has 1 aliphatic carbocycles. The number of hydrogen-bond donors (Lipinski definition) is 1. The van der Waals surface area contributed by atoms with Crippen LogP contribution in [0.4, 0.5) is 0 Å². The maximum atomic E-state index is 6.08. The topological polar surface area (TPSA) is 52.0 Å². The molecule has 0 saturated heterocycles. The smallest absolute Gasteiger partial charge is 0.0888 e. The second-order valence-electron chi connectivity index (χ2n) is 7.10. The Morgan fingerprint density at radius 3 is 2.48 bits per heavy atom. The minimum Gasteiger partial charge on any atom is -0.376 e. The van der Waals surface area contributed by atoms with E-state index in [0.29, 0.717) is 5.41 Å². The SMILES string of the molecule is CCCNC(c1cnnn1C)C1(OC)CCC(C)(C)CC1. The Balaban J connectivity index is 2.27. The van der Waals surface area contributed by atoms with Gasteiger partial charge in [0.2, 0.25) is 0 Å². The van der Waals surface area contributed by atoms with E-state index in [-0.39, 0.29) is 11.6 Å². The van der Waals surface area contributed by atoms with E-state index >= 15 is 0 Å². The standard InChI is InChI=1S/C16H30N4O/c1-6-11-17-14(13-12-18-19-20(13)4)16(21-5)9-7-15(2,3)8-10-16/h12,14,17H,6-11H2,1-5H3. The molecule has 1 aromatic heterocycles. The summed E-state index contributed by atoms with van der Waals surface area (Å²) in [6.45, 7) is 7.87. The molecule has 0 spiro atoms. The fourth-order valence-electron chi connectivity index (χ4n) is 3.37. The van der Waals surface area contributed by atoms with Gasteiger partial charge < -0.3 is 10.1 Å². The summed E-state index contributed by atoms with van der Waals surface area (Å²) in [6.07, 6.45) is 7.50. The molecule has 1 aliphatic rings. The monoisotopic (exact) mass is 294 g/mol. The van der Waals surface area contributed by atoms with Gasteiger partial charge in [0.1, 0.15) is 0 Å². The second kappa shape index (κ2) is 6.44. The van der Waals surface area contributed by atoms with Gasteiger partial charge >= 0.3 is 0 Å². The molecule has 1 unspecified atom stereocenters. The maximum absolute atomic E-state index is 6.08. The lowest BCUT2D eigenvalue weighted by Gasteiger charge is -2.47. The van der Waals surface area contributed by atoms with Gasteiger partial charge in [0, 0.05) is 14.2 Å². The first-order chi connectivity index (χ1) is 9.94. The van der Waals surface area contributed by atoms with Crippen LogP contribution in [0.25, 0.3) is 0 Å². The van der Waals surface area contributed by atoms with Crippen molar-refractivity contribution >= 4 is 0 Å². The van der Waals surface area contributed by atoms with Crippen LogP contribution in [-0.2, 0) is 11.8 Å². The fourth-order valence-corrected chi connectivity index (χ4v) is 3.37. The van der Waals surface area contributed by atoms with E-state index in [9.17, 15) is 0 Å². The van der Waals surface area contributed by atoms with Crippen LogP contribution < -0.4 is 5.32 Å². The Morgan fingerprint density at radius 2 is 2.00 bits per heavy atom. The lowest BCUT2D eigenvalue weighted by Crippen LogP contribution is -2.50. The van der Waals surface area contributed by atoms with Crippen LogP contribution >= 0.6 is 0 Å². The molecule has 1 atom stereocenters. The zero-order chi connectivity index (χ0) is 15.5. The van der Waals surface area contributed by atoms with Crippen molar-refractivity contribution in [1.82, 2.24) is 20.3 Å². The van der Waals surface area contributed by atoms with Crippen LogP contribution in [0.15, 0.2) is 6.20 Å². The third-order valence-corrected chi connectivity index (χ3v) is 5.03. The number of methoxy groups -OCH3 is 1. The molecule has 1 fully saturated rings. The van der Waals surface area contributed by atoms with E-state index in [1.807, 2.05) is 25.0 Å². The van der Waals surface area contributed by atoms with E-state index in [0.717, 1.165) is 31.5 Å². The molecule has 21 heavy (non-hydrogen) atoms. The van der Waals surface area contributed by atoms with Gasteiger partial charge in [0.25, 0.3) is 0 Å². The lowest BCUT2D eigenvalue weighted by atomic mass is 9.68. The van der Waals surface area contributed by atoms with Crippen LogP contribution in [0.5, 0.6) is 0 Å². The summed E-state index contributed by atoms with van der Waals surface area (Å²) < 4.78 is 7.95. The van der Waals surface area contributed by atoms with Crippen molar-refractivity contribution in [2.45, 2.75) is 64.5 Å². The molecule has 2 rings (SSSR count). The van der Waals surface area contributed by atoms with Gasteiger partial charge in [-0.2, -0.15) is 0 Å². The van der Waals surface area contributed by atoms with Gasteiger partial charge in [0.15, 0.2) is 0 Å². The Kier molecular flexibility index (Phi) is 5.04. The van der Waals surface area contributed by atoms with E-state index in [2.05, 4.69) is 36.4 Å². The summed E-state index contributed by atoms with van der Waals surface area (Å²) >= 11 is 0. The van der Waals surface area contributed by atoms with E-state index < -0.39 is 0 Å². The number of ether oxygens (including phenoxy) is 1. The predicted octanol–water partition coefficient (Wildman–Crippen LogP) is 2.84. The minimum atomic E-state index is -0.153. The van der Waals surface area contributed by atoms with Gasteiger partial charge in [-0.15, -0.1) is 5.10 Å². The van der Waals surface area contributed by atoms with Gasteiger partial charge in [-0.25, -0.2) is 0 Å². The summed E-state index contributed by atoms with van der Waals surface area (Å²) in [6, 6.07) is 0.151. The van der Waals surface area contributed by atoms with Gasteiger partial charge in [-0.1, -0.05) is 26.0 Å². The van der Waals surface area contributed by atoms with Crippen molar-refractivity contribution in [3.63, 3.8) is 0 Å². The highest BCUT2D eigenvalue weighted by Gasteiger charge is 2.45. The average molecular weight is 294 g/mol. The largest absolute Gasteiger partial charge is 0.376 e. The number of aryl methyl sites for hydroxylation is 1. The van der Waals surface area contributed by atoms with Crippen molar-refractivity contribution in [3.05, 3.63) is 11.9 Å². The highest BCUT2D eigenvalue weighted by Crippen LogP contribution is 2.47. The van der Waals surface area contributed by atoms with Crippen LogP contribution in [0.2, 0.25) is 0 Å². The summed E-state index contributed by atoms with van der Waals surface area (Å²) in [4.78, 5) is 0. The summed E-state index contributed by atoms with van der Waals surface area (Å²) in [5.41, 5.74) is 1.38. The molecule has 1 heterocycles. The van der Waals surface area contributed by atoms with Crippen LogP contribution in [-0.4, -0.2) is 34.2 Å². The molecular weight excluding hydrogens is 264 g/mol. The molecular formula is C16H30N4O. The molecule has 120 valence electrons. The molecule has 0 aliphatic heterocycles. The number of hydrogen-bond acceptors (Lipinski definition) is 4. The van der Waals surface area contributed by atoms with Crippen LogP contribution in [0.1, 0.15) is 64.6 Å². The summed E-state index contributed by atoms with van der Waals surface area (Å²) in [7, 11) is 3.81. The Labute approximate surface area is 128 Å². The minimum absolute atomic E-state index is 0.151. The van der Waals surface area contributed by atoms with Crippen molar-refractivity contribution in [2.75, 3.05) is 13.7 Å². The summed E-state index contributed by atoms with van der Waals surface area (Å²) in [5.74, 6) is 0. The maximum Gasteiger partial charge on any atom is 0.0888 e. The third-order valence-electron chi connectivity index (χ3n) is 5.03. The quantitative estimate of drug-likeness (QED) is 0.876. The molecule has 0 bridgehead atoms. The predicted molar refractivity (Wildman–Crippen MR) is 84.0 cm³/mol. The molecule has 1 aromatic rings. The van der Waals surface area contributed by atoms with Gasteiger partial charge in [-0.05, 0) is 44.1 Å². The van der Waals surface area contributed by atoms with Crippen molar-refractivity contribution in [2.24, 2.45) is 12.5 Å². The number of aromatic nitrogens is 3. The normalized spacial score (nSPS) is 22.1. The third kappa shape index (κ3) is 3.46. The van der Waals surface area contributed by atoms with E-state index in [1.54, 1.807) is 0 Å². The molecule has 0 aromatic carbocycles. The number of rotatable bonds is 6. The van der Waals surface area contributed by atoms with Crippen LogP contribution in [0, 0.1) is 5.41 Å². The zero-order valence-corrected chi connectivity index (χ0v) is 14.1. The second-order valence-corrected chi connectivity index (χ2v) is 7.10. The first-order valence-corrected chi connectivity index (χ1v) is 8.07. The molecule has 1 N–H and O–H groups in total. The summed E-state index contributed by atoms with van der Waals surface area (Å²) in [5, 5.41) is 11.8. The molecule has 5 heteroatoms. The molecule has 1 saturated carbocycles. The Bertz CT molecular complexity index is 445. The molecule has 0 amide bonds. The number of nitrogens with one attached hydrogen (secondary N) is 1. The highest BCUT2D eigenvalue weighted by molar-refractivity contribution is 5.12. The van der Waals surface area contributed by atoms with E-state index in [4.69, 9.17) is 4.74 Å². The van der Waals surface area contributed by atoms with E-state index in [1.165, 1.54) is 12.8 Å². The molecule has 5 nitrogen and oxygen atoms in total. The van der Waals surface area contributed by atoms with Crippen molar-refractivity contribution < 1.29 is 4.74 Å². The lowest BCUT2D eigenvalue weighted by molar-refractivity contribution is -0.0891. The van der Waals surface area contributed by atoms with Crippen molar-refractivity contribution in [3.8, 4) is 0 Å².